The van der Waals surface area contributed by atoms with E-state index in [1.165, 1.54) is 35.2 Å². The van der Waals surface area contributed by atoms with E-state index < -0.39 is 10.0 Å². The first-order chi connectivity index (χ1) is 11.5. The fourth-order valence-corrected chi connectivity index (χ4v) is 4.19. The fraction of sp³-hybridized carbons (Fsp3) is 0.214. The molecule has 2 rings (SSSR count). The Morgan fingerprint density at radius 3 is 2.75 bits per heavy atom. The Balaban J connectivity index is 1.79. The van der Waals surface area contributed by atoms with Gasteiger partial charge in [0, 0.05) is 18.7 Å². The second kappa shape index (κ2) is 8.92. The second-order valence-corrected chi connectivity index (χ2v) is 8.49. The van der Waals surface area contributed by atoms with Gasteiger partial charge < -0.3 is 5.32 Å². The number of anilines is 1. The minimum absolute atomic E-state index is 0.0000635. The van der Waals surface area contributed by atoms with E-state index in [1.807, 2.05) is 0 Å². The Morgan fingerprint density at radius 1 is 1.29 bits per heavy atom. The van der Waals surface area contributed by atoms with Crippen molar-refractivity contribution in [1.29, 1.82) is 0 Å². The molecule has 7 nitrogen and oxygen atoms in total. The lowest BCUT2D eigenvalue weighted by Crippen LogP contribution is -2.27. The van der Waals surface area contributed by atoms with Crippen molar-refractivity contribution in [2.24, 2.45) is 0 Å². The van der Waals surface area contributed by atoms with Gasteiger partial charge in [-0.05, 0) is 12.1 Å². The van der Waals surface area contributed by atoms with E-state index in [2.05, 4.69) is 26.8 Å². The third kappa shape index (κ3) is 5.71. The van der Waals surface area contributed by atoms with Crippen LogP contribution >= 0.6 is 23.1 Å². The standard InChI is InChI=1S/C14H16N4O3S3/c1-2-10-22-14-18-17-13(23-14)16-12(19)8-9-15-24(20,21)11-6-4-3-5-7-11/h2-7,15H,1,8-10H2,(H,16,17,19). The number of nitrogens with zero attached hydrogens (tertiary/aromatic N) is 2. The van der Waals surface area contributed by atoms with E-state index in [4.69, 9.17) is 0 Å². The van der Waals surface area contributed by atoms with Gasteiger partial charge in [-0.3, -0.25) is 4.79 Å². The van der Waals surface area contributed by atoms with Gasteiger partial charge in [-0.1, -0.05) is 47.4 Å². The average Bonchev–Trinajstić information content (AvgIpc) is 3.01. The highest BCUT2D eigenvalue weighted by Gasteiger charge is 2.14. The number of aromatic nitrogens is 2. The predicted octanol–water partition coefficient (Wildman–Crippen LogP) is 2.12. The zero-order valence-corrected chi connectivity index (χ0v) is 15.1. The van der Waals surface area contributed by atoms with Crippen LogP contribution < -0.4 is 10.0 Å². The summed E-state index contributed by atoms with van der Waals surface area (Å²) < 4.78 is 27.1. The van der Waals surface area contributed by atoms with Gasteiger partial charge in [0.25, 0.3) is 0 Å². The molecule has 0 fully saturated rings. The minimum Gasteiger partial charge on any atom is -0.300 e. The topological polar surface area (TPSA) is 101 Å². The highest BCUT2D eigenvalue weighted by atomic mass is 32.2. The quantitative estimate of drug-likeness (QED) is 0.390. The summed E-state index contributed by atoms with van der Waals surface area (Å²) in [5.74, 6) is 0.381. The molecule has 0 saturated heterocycles. The number of rotatable bonds is 9. The van der Waals surface area contributed by atoms with Gasteiger partial charge in [0.15, 0.2) is 4.34 Å². The molecule has 0 radical (unpaired) electrons. The zero-order valence-electron chi connectivity index (χ0n) is 12.6. The third-order valence-corrected chi connectivity index (χ3v) is 6.12. The van der Waals surface area contributed by atoms with Gasteiger partial charge in [0.05, 0.1) is 4.90 Å². The van der Waals surface area contributed by atoms with E-state index in [0.717, 1.165) is 4.34 Å². The number of amides is 1. The zero-order chi connectivity index (χ0) is 17.4. The van der Waals surface area contributed by atoms with Crippen molar-refractivity contribution in [3.63, 3.8) is 0 Å². The van der Waals surface area contributed by atoms with Crippen LogP contribution in [-0.4, -0.2) is 36.8 Å². The fourth-order valence-electron chi connectivity index (χ4n) is 1.61. The number of sulfonamides is 1. The summed E-state index contributed by atoms with van der Waals surface area (Å²) in [7, 11) is -3.60. The Morgan fingerprint density at radius 2 is 2.04 bits per heavy atom. The molecule has 1 amide bonds. The predicted molar refractivity (Wildman–Crippen MR) is 95.7 cm³/mol. The van der Waals surface area contributed by atoms with Crippen LogP contribution in [-0.2, 0) is 14.8 Å². The number of hydrogen-bond acceptors (Lipinski definition) is 7. The molecule has 1 aromatic heterocycles. The Hall–Kier alpha value is -1.75. The first-order valence-electron chi connectivity index (χ1n) is 6.93. The van der Waals surface area contributed by atoms with Crippen molar-refractivity contribution in [3.05, 3.63) is 43.0 Å². The number of benzene rings is 1. The van der Waals surface area contributed by atoms with Crippen LogP contribution in [0.4, 0.5) is 5.13 Å². The minimum atomic E-state index is -3.60. The van der Waals surface area contributed by atoms with Gasteiger partial charge in [-0.15, -0.1) is 16.8 Å². The lowest BCUT2D eigenvalue weighted by molar-refractivity contribution is -0.116. The van der Waals surface area contributed by atoms with Crippen LogP contribution in [0.25, 0.3) is 0 Å². The third-order valence-electron chi connectivity index (χ3n) is 2.68. The summed E-state index contributed by atoms with van der Waals surface area (Å²) in [6.45, 7) is 3.62. The molecule has 0 spiro atoms. The van der Waals surface area contributed by atoms with E-state index in [1.54, 1.807) is 24.3 Å². The summed E-state index contributed by atoms with van der Waals surface area (Å²) in [5, 5.41) is 10.8. The Labute approximate surface area is 148 Å². The molecule has 128 valence electrons. The molecule has 1 aromatic carbocycles. The van der Waals surface area contributed by atoms with Crippen LogP contribution in [0.3, 0.4) is 0 Å². The number of carbonyl (C=O) groups excluding carboxylic acids is 1. The number of carbonyl (C=O) groups is 1. The van der Waals surface area contributed by atoms with E-state index in [-0.39, 0.29) is 23.8 Å². The summed E-state index contributed by atoms with van der Waals surface area (Å²) in [6.07, 6.45) is 1.75. The molecule has 1 heterocycles. The molecular weight excluding hydrogens is 368 g/mol. The largest absolute Gasteiger partial charge is 0.300 e. The molecule has 10 heteroatoms. The van der Waals surface area contributed by atoms with Crippen molar-refractivity contribution in [2.45, 2.75) is 15.7 Å². The number of hydrogen-bond donors (Lipinski definition) is 2. The highest BCUT2D eigenvalue weighted by molar-refractivity contribution is 8.01. The lowest BCUT2D eigenvalue weighted by Gasteiger charge is -2.06. The van der Waals surface area contributed by atoms with Gasteiger partial charge in [0.2, 0.25) is 21.1 Å². The van der Waals surface area contributed by atoms with Gasteiger partial charge in [-0.2, -0.15) is 0 Å². The highest BCUT2D eigenvalue weighted by Crippen LogP contribution is 2.25. The van der Waals surface area contributed by atoms with Gasteiger partial charge >= 0.3 is 0 Å². The molecule has 0 bridgehead atoms. The molecule has 0 aliphatic heterocycles. The Kier molecular flexibility index (Phi) is 6.91. The van der Waals surface area contributed by atoms with Crippen molar-refractivity contribution in [2.75, 3.05) is 17.6 Å². The van der Waals surface area contributed by atoms with E-state index in [0.29, 0.717) is 10.9 Å². The molecule has 24 heavy (non-hydrogen) atoms. The molecule has 2 aromatic rings. The lowest BCUT2D eigenvalue weighted by atomic mass is 10.4. The Bertz CT molecular complexity index is 791. The maximum atomic E-state index is 12.0. The first-order valence-corrected chi connectivity index (χ1v) is 10.2. The summed E-state index contributed by atoms with van der Waals surface area (Å²) in [6, 6.07) is 7.99. The van der Waals surface area contributed by atoms with E-state index in [9.17, 15) is 13.2 Å². The van der Waals surface area contributed by atoms with Crippen molar-refractivity contribution in [1.82, 2.24) is 14.9 Å². The van der Waals surface area contributed by atoms with E-state index >= 15 is 0 Å². The van der Waals surface area contributed by atoms with Crippen LogP contribution in [0.15, 0.2) is 52.2 Å². The molecule has 2 N–H and O–H groups in total. The normalized spacial score (nSPS) is 11.2. The molecule has 0 unspecified atom stereocenters. The number of thioether (sulfide) groups is 1. The molecule has 0 aliphatic carbocycles. The maximum Gasteiger partial charge on any atom is 0.240 e. The summed E-state index contributed by atoms with van der Waals surface area (Å²) in [4.78, 5) is 12.0. The first kappa shape index (κ1) is 18.6. The second-order valence-electron chi connectivity index (χ2n) is 4.48. The van der Waals surface area contributed by atoms with Crippen LogP contribution in [0.5, 0.6) is 0 Å². The van der Waals surface area contributed by atoms with Crippen molar-refractivity contribution in [3.8, 4) is 0 Å². The molecule has 0 aliphatic rings. The summed E-state index contributed by atoms with van der Waals surface area (Å²) >= 11 is 2.73. The average molecular weight is 385 g/mol. The molecule has 0 saturated carbocycles. The number of nitrogens with one attached hydrogen (secondary N) is 2. The van der Waals surface area contributed by atoms with Crippen molar-refractivity contribution < 1.29 is 13.2 Å². The molecular formula is C14H16N4O3S3. The maximum absolute atomic E-state index is 12.0. The summed E-state index contributed by atoms with van der Waals surface area (Å²) in [5.41, 5.74) is 0. The van der Waals surface area contributed by atoms with Crippen LogP contribution in [0.1, 0.15) is 6.42 Å². The van der Waals surface area contributed by atoms with Crippen molar-refractivity contribution >= 4 is 44.2 Å². The van der Waals surface area contributed by atoms with Crippen LogP contribution in [0, 0.1) is 0 Å². The molecule has 0 atom stereocenters. The van der Waals surface area contributed by atoms with Gasteiger partial charge in [-0.25, -0.2) is 13.1 Å². The van der Waals surface area contributed by atoms with Crippen LogP contribution in [0.2, 0.25) is 0 Å². The monoisotopic (exact) mass is 384 g/mol. The smallest absolute Gasteiger partial charge is 0.240 e. The van der Waals surface area contributed by atoms with Gasteiger partial charge in [0.1, 0.15) is 0 Å². The SMILES string of the molecule is C=CCSc1nnc(NC(=O)CCNS(=O)(=O)c2ccccc2)s1.